The molecule has 0 fully saturated rings. The molecule has 5 aromatic rings. The number of fused-ring (bicyclic) bond motifs is 2. The molecule has 0 bridgehead atoms. The minimum atomic E-state index is -1.13. The molecular formula is C22H12O4. The zero-order valence-corrected chi connectivity index (χ0v) is 13.5. The molecule has 0 saturated heterocycles. The van der Waals surface area contributed by atoms with Crippen LogP contribution in [0.15, 0.2) is 60.7 Å². The largest absolute Gasteiger partial charge is 0.478 e. The van der Waals surface area contributed by atoms with E-state index in [1.807, 2.05) is 36.4 Å². The van der Waals surface area contributed by atoms with Crippen LogP contribution in [0.2, 0.25) is 0 Å². The highest BCUT2D eigenvalue weighted by molar-refractivity contribution is 6.35. The summed E-state index contributed by atoms with van der Waals surface area (Å²) >= 11 is 0. The first kappa shape index (κ1) is 14.7. The SMILES string of the molecule is O=C(O)c1ccc2c3cccc4cccc(c5ccc(C(=O)O)c1c25)c43. The van der Waals surface area contributed by atoms with Crippen molar-refractivity contribution in [2.24, 2.45) is 0 Å². The van der Waals surface area contributed by atoms with E-state index in [0.717, 1.165) is 32.3 Å². The van der Waals surface area contributed by atoms with Gasteiger partial charge in [0.15, 0.2) is 0 Å². The van der Waals surface area contributed by atoms with E-state index in [4.69, 9.17) is 0 Å². The summed E-state index contributed by atoms with van der Waals surface area (Å²) in [5.41, 5.74) is 0.0177. The molecule has 0 saturated carbocycles. The Kier molecular flexibility index (Phi) is 2.78. The average molecular weight is 340 g/mol. The first-order valence-electron chi connectivity index (χ1n) is 8.16. The lowest BCUT2D eigenvalue weighted by molar-refractivity contribution is 0.0695. The van der Waals surface area contributed by atoms with Gasteiger partial charge in [-0.15, -0.1) is 0 Å². The van der Waals surface area contributed by atoms with Gasteiger partial charge in [0.2, 0.25) is 0 Å². The monoisotopic (exact) mass is 340 g/mol. The summed E-state index contributed by atoms with van der Waals surface area (Å²) in [6.07, 6.45) is 0. The third kappa shape index (κ3) is 1.73. The first-order valence-corrected chi connectivity index (χ1v) is 8.16. The van der Waals surface area contributed by atoms with E-state index < -0.39 is 11.9 Å². The molecule has 0 radical (unpaired) electrons. The van der Waals surface area contributed by atoms with E-state index in [2.05, 4.69) is 0 Å². The molecule has 0 aliphatic heterocycles. The Balaban J connectivity index is 2.20. The van der Waals surface area contributed by atoms with Crippen LogP contribution in [0.25, 0.3) is 43.1 Å². The molecule has 4 nitrogen and oxygen atoms in total. The molecule has 2 N–H and O–H groups in total. The van der Waals surface area contributed by atoms with Gasteiger partial charge in [-0.2, -0.15) is 0 Å². The van der Waals surface area contributed by atoms with Crippen LogP contribution in [0.4, 0.5) is 0 Å². The van der Waals surface area contributed by atoms with E-state index in [0.29, 0.717) is 5.39 Å². The molecule has 0 aromatic heterocycles. The van der Waals surface area contributed by atoms with Crippen molar-refractivity contribution in [2.75, 3.05) is 0 Å². The van der Waals surface area contributed by atoms with Crippen molar-refractivity contribution in [3.05, 3.63) is 71.8 Å². The third-order valence-electron chi connectivity index (χ3n) is 5.11. The van der Waals surface area contributed by atoms with Crippen molar-refractivity contribution in [1.29, 1.82) is 0 Å². The number of carbonyl (C=O) groups is 2. The van der Waals surface area contributed by atoms with Gasteiger partial charge in [-0.25, -0.2) is 9.59 Å². The smallest absolute Gasteiger partial charge is 0.336 e. The number of aromatic carboxylic acids is 2. The third-order valence-corrected chi connectivity index (χ3v) is 5.11. The standard InChI is InChI=1S/C22H12O4/c23-21(24)16-9-7-14-12-5-1-3-11-4-2-6-13(18(11)12)15-8-10-17(22(25)26)20(16)19(14)15/h1-10H,(H,23,24)(H,25,26). The molecule has 0 atom stereocenters. The predicted octanol–water partition coefficient (Wildman–Crippen LogP) is 5.13. The van der Waals surface area contributed by atoms with Crippen LogP contribution in [0.5, 0.6) is 0 Å². The minimum Gasteiger partial charge on any atom is -0.478 e. The number of hydrogen-bond donors (Lipinski definition) is 2. The summed E-state index contributed by atoms with van der Waals surface area (Å²) in [6.45, 7) is 0. The van der Waals surface area contributed by atoms with Crippen LogP contribution >= 0.6 is 0 Å². The van der Waals surface area contributed by atoms with Gasteiger partial charge in [-0.1, -0.05) is 48.5 Å². The Morgan fingerprint density at radius 1 is 0.538 bits per heavy atom. The number of benzene rings is 5. The first-order chi connectivity index (χ1) is 12.6. The van der Waals surface area contributed by atoms with Gasteiger partial charge in [0.25, 0.3) is 0 Å². The molecule has 0 amide bonds. The molecule has 4 heteroatoms. The van der Waals surface area contributed by atoms with Crippen LogP contribution in [0.3, 0.4) is 0 Å². The quantitative estimate of drug-likeness (QED) is 0.345. The van der Waals surface area contributed by atoms with Gasteiger partial charge in [0, 0.05) is 5.39 Å². The van der Waals surface area contributed by atoms with Crippen molar-refractivity contribution >= 4 is 55.0 Å². The average Bonchev–Trinajstić information content (AvgIpc) is 2.64. The fraction of sp³-hybridized carbons (Fsp3) is 0. The van der Waals surface area contributed by atoms with Crippen LogP contribution in [0, 0.1) is 0 Å². The van der Waals surface area contributed by atoms with Gasteiger partial charge < -0.3 is 10.2 Å². The number of carboxylic acids is 2. The number of rotatable bonds is 2. The second-order valence-corrected chi connectivity index (χ2v) is 6.39. The Labute approximate surface area is 147 Å². The van der Waals surface area contributed by atoms with Crippen molar-refractivity contribution < 1.29 is 19.8 Å². The molecular weight excluding hydrogens is 328 g/mol. The maximum absolute atomic E-state index is 11.8. The van der Waals surface area contributed by atoms with Crippen LogP contribution in [-0.4, -0.2) is 22.2 Å². The molecule has 0 aliphatic rings. The van der Waals surface area contributed by atoms with E-state index in [1.165, 1.54) is 12.1 Å². The molecule has 0 heterocycles. The summed E-state index contributed by atoms with van der Waals surface area (Å²) in [5.74, 6) is -2.26. The number of carboxylic acid groups (broad SMARTS) is 2. The summed E-state index contributed by atoms with van der Waals surface area (Å²) in [5, 5.41) is 26.1. The van der Waals surface area contributed by atoms with Gasteiger partial charge in [-0.05, 0) is 49.8 Å². The Morgan fingerprint density at radius 3 is 1.46 bits per heavy atom. The van der Waals surface area contributed by atoms with Gasteiger partial charge >= 0.3 is 11.9 Å². The summed E-state index contributed by atoms with van der Waals surface area (Å²) in [7, 11) is 0. The number of hydrogen-bond acceptors (Lipinski definition) is 2. The lowest BCUT2D eigenvalue weighted by atomic mass is 9.86. The topological polar surface area (TPSA) is 74.6 Å². The lowest BCUT2D eigenvalue weighted by Crippen LogP contribution is -2.05. The highest BCUT2D eigenvalue weighted by Crippen LogP contribution is 2.42. The molecule has 0 spiro atoms. The van der Waals surface area contributed by atoms with E-state index in [-0.39, 0.29) is 16.5 Å². The molecule has 0 aliphatic carbocycles. The van der Waals surface area contributed by atoms with Crippen molar-refractivity contribution in [3.63, 3.8) is 0 Å². The van der Waals surface area contributed by atoms with Crippen LogP contribution in [0.1, 0.15) is 20.7 Å². The van der Waals surface area contributed by atoms with Crippen LogP contribution < -0.4 is 0 Å². The van der Waals surface area contributed by atoms with Crippen molar-refractivity contribution in [2.45, 2.75) is 0 Å². The Hall–Kier alpha value is -3.66. The molecule has 5 rings (SSSR count). The van der Waals surface area contributed by atoms with E-state index in [9.17, 15) is 19.8 Å². The van der Waals surface area contributed by atoms with Gasteiger partial charge in [0.05, 0.1) is 11.1 Å². The molecule has 124 valence electrons. The van der Waals surface area contributed by atoms with Crippen LogP contribution in [-0.2, 0) is 0 Å². The van der Waals surface area contributed by atoms with Crippen molar-refractivity contribution in [1.82, 2.24) is 0 Å². The molecule has 5 aromatic carbocycles. The second kappa shape index (κ2) is 4.92. The van der Waals surface area contributed by atoms with E-state index >= 15 is 0 Å². The predicted molar refractivity (Wildman–Crippen MR) is 102 cm³/mol. The Bertz CT molecular complexity index is 1280. The highest BCUT2D eigenvalue weighted by atomic mass is 16.4. The minimum absolute atomic E-state index is 0.00885. The maximum Gasteiger partial charge on any atom is 0.336 e. The normalized spacial score (nSPS) is 11.7. The maximum atomic E-state index is 11.8. The summed E-state index contributed by atoms with van der Waals surface area (Å²) in [6, 6.07) is 18.6. The summed E-state index contributed by atoms with van der Waals surface area (Å²) < 4.78 is 0. The highest BCUT2D eigenvalue weighted by Gasteiger charge is 2.21. The lowest BCUT2D eigenvalue weighted by Gasteiger charge is -2.16. The molecule has 26 heavy (non-hydrogen) atoms. The van der Waals surface area contributed by atoms with Gasteiger partial charge in [-0.3, -0.25) is 0 Å². The van der Waals surface area contributed by atoms with Gasteiger partial charge in [0.1, 0.15) is 0 Å². The van der Waals surface area contributed by atoms with E-state index in [1.54, 1.807) is 12.1 Å². The Morgan fingerprint density at radius 2 is 1.00 bits per heavy atom. The zero-order chi connectivity index (χ0) is 18.0. The summed E-state index contributed by atoms with van der Waals surface area (Å²) in [4.78, 5) is 23.5. The fourth-order valence-corrected chi connectivity index (χ4v) is 4.09. The fourth-order valence-electron chi connectivity index (χ4n) is 4.09. The second-order valence-electron chi connectivity index (χ2n) is 6.39. The molecule has 0 unspecified atom stereocenters. The zero-order valence-electron chi connectivity index (χ0n) is 13.5. The van der Waals surface area contributed by atoms with Crippen molar-refractivity contribution in [3.8, 4) is 0 Å².